The van der Waals surface area contributed by atoms with Crippen molar-refractivity contribution >= 4 is 76.2 Å². The van der Waals surface area contributed by atoms with Gasteiger partial charge in [-0.1, -0.05) is 170 Å². The van der Waals surface area contributed by atoms with Gasteiger partial charge >= 0.3 is 0 Å². The lowest BCUT2D eigenvalue weighted by atomic mass is 9.95. The Hall–Kier alpha value is -7.47. The molecule has 11 rings (SSSR count). The summed E-state index contributed by atoms with van der Waals surface area (Å²) in [5, 5.41) is 7.02. The molecule has 0 amide bonds. The van der Waals surface area contributed by atoms with E-state index in [1.807, 2.05) is 23.5 Å². The maximum atomic E-state index is 5.40. The fourth-order valence-electron chi connectivity index (χ4n) is 8.66. The second-order valence-corrected chi connectivity index (χ2v) is 15.9. The van der Waals surface area contributed by atoms with Crippen LogP contribution in [0.4, 0.5) is 0 Å². The van der Waals surface area contributed by atoms with E-state index in [0.717, 1.165) is 66.1 Å². The van der Waals surface area contributed by atoms with Gasteiger partial charge in [0.15, 0.2) is 11.6 Å². The summed E-state index contributed by atoms with van der Waals surface area (Å²) in [5.74, 6) is 1.76. The van der Waals surface area contributed by atoms with Crippen LogP contribution in [0, 0.1) is 0 Å². The lowest BCUT2D eigenvalue weighted by Gasteiger charge is -2.14. The van der Waals surface area contributed by atoms with Gasteiger partial charge in [0, 0.05) is 47.6 Å². The van der Waals surface area contributed by atoms with E-state index in [-0.39, 0.29) is 0 Å². The van der Waals surface area contributed by atoms with Gasteiger partial charge < -0.3 is 0 Å². The van der Waals surface area contributed by atoms with Crippen LogP contribution in [0.5, 0.6) is 0 Å². The smallest absolute Gasteiger partial charge is 0.238 e. The van der Waals surface area contributed by atoms with Crippen molar-refractivity contribution < 1.29 is 0 Å². The Morgan fingerprint density at radius 2 is 1.19 bits per heavy atom. The number of hydrogen-bond acceptors (Lipinski definition) is 4. The molecule has 59 heavy (non-hydrogen) atoms. The molecular formula is C54H36N4S. The number of para-hydroxylation sites is 1. The average molecular weight is 773 g/mol. The van der Waals surface area contributed by atoms with Gasteiger partial charge in [-0.3, -0.25) is 4.57 Å². The van der Waals surface area contributed by atoms with E-state index >= 15 is 0 Å². The van der Waals surface area contributed by atoms with E-state index in [1.54, 1.807) is 0 Å². The molecule has 0 aliphatic carbocycles. The Bertz CT molecular complexity index is 3460. The molecule has 0 aliphatic heterocycles. The van der Waals surface area contributed by atoms with E-state index in [9.17, 15) is 0 Å². The lowest BCUT2D eigenvalue weighted by Crippen LogP contribution is -2.07. The zero-order valence-electron chi connectivity index (χ0n) is 32.3. The van der Waals surface area contributed by atoms with E-state index in [0.29, 0.717) is 17.6 Å². The number of benzene rings is 8. The van der Waals surface area contributed by atoms with E-state index < -0.39 is 0 Å². The predicted octanol–water partition coefficient (Wildman–Crippen LogP) is 14.8. The highest BCUT2D eigenvalue weighted by molar-refractivity contribution is 7.25. The van der Waals surface area contributed by atoms with Crippen LogP contribution in [-0.2, 0) is 0 Å². The second kappa shape index (κ2) is 14.2. The van der Waals surface area contributed by atoms with Crippen molar-refractivity contribution in [3.8, 4) is 51.0 Å². The van der Waals surface area contributed by atoms with E-state index in [4.69, 9.17) is 15.0 Å². The highest BCUT2D eigenvalue weighted by Gasteiger charge is 2.24. The van der Waals surface area contributed by atoms with Crippen molar-refractivity contribution in [1.29, 1.82) is 0 Å². The number of thiophene rings is 1. The third-order valence-electron chi connectivity index (χ3n) is 11.4. The van der Waals surface area contributed by atoms with Gasteiger partial charge in [-0.2, -0.15) is 9.97 Å². The minimum absolute atomic E-state index is 0.550. The molecule has 11 aromatic rings. The van der Waals surface area contributed by atoms with Crippen molar-refractivity contribution in [2.75, 3.05) is 0 Å². The Labute approximate surface area is 345 Å². The Kier molecular flexibility index (Phi) is 8.35. The molecule has 8 aromatic carbocycles. The summed E-state index contributed by atoms with van der Waals surface area (Å²) in [6.45, 7) is 6.39. The first-order valence-electron chi connectivity index (χ1n) is 19.8. The first-order chi connectivity index (χ1) is 29.2. The van der Waals surface area contributed by atoms with Crippen LogP contribution in [0.15, 0.2) is 183 Å². The van der Waals surface area contributed by atoms with Gasteiger partial charge in [-0.15, -0.1) is 11.3 Å². The molecule has 0 N–H and O–H groups in total. The fraction of sp³-hybridized carbons (Fsp3) is 0.0185. The molecule has 0 radical (unpaired) electrons. The zero-order chi connectivity index (χ0) is 39.5. The van der Waals surface area contributed by atoms with Gasteiger partial charge in [0.25, 0.3) is 0 Å². The highest BCUT2D eigenvalue weighted by Crippen LogP contribution is 2.45. The summed E-state index contributed by atoms with van der Waals surface area (Å²) in [6, 6.07) is 60.2. The number of fused-ring (bicyclic) bond motifs is 7. The molecule has 0 saturated carbocycles. The molecule has 3 aromatic heterocycles. The van der Waals surface area contributed by atoms with Crippen molar-refractivity contribution in [2.45, 2.75) is 6.92 Å². The summed E-state index contributed by atoms with van der Waals surface area (Å²) in [4.78, 5) is 16.0. The molecule has 0 aliphatic rings. The number of aromatic nitrogens is 4. The molecule has 0 spiro atoms. The van der Waals surface area contributed by atoms with Crippen LogP contribution < -0.4 is 0 Å². The van der Waals surface area contributed by atoms with Gasteiger partial charge in [-0.25, -0.2) is 4.98 Å². The Morgan fingerprint density at radius 1 is 0.525 bits per heavy atom. The standard InChI is InChI=1S/C54H36N4S/c1-3-14-37-31-32-46-49(41(37)4-2)45-22-12-21-43(42-20-13-24-48-50(42)44-19-10-11-23-47(44)59-48)51(45)58(46)54-56-52(38-28-25-36(26-29-38)34-15-6-5-7-16-34)55-53(57-54)40-30-27-35-17-8-9-18-39(35)33-40/h3-33H,2H2,1H3/b14-3-. The Morgan fingerprint density at radius 3 is 2.02 bits per heavy atom. The van der Waals surface area contributed by atoms with Crippen LogP contribution in [-0.4, -0.2) is 19.5 Å². The highest BCUT2D eigenvalue weighted by atomic mass is 32.1. The van der Waals surface area contributed by atoms with Crippen LogP contribution in [0.2, 0.25) is 0 Å². The topological polar surface area (TPSA) is 43.6 Å². The van der Waals surface area contributed by atoms with Crippen LogP contribution >= 0.6 is 11.3 Å². The third-order valence-corrected chi connectivity index (χ3v) is 12.5. The molecular weight excluding hydrogens is 737 g/mol. The molecule has 0 fully saturated rings. The van der Waals surface area contributed by atoms with Crippen molar-refractivity contribution in [3.05, 3.63) is 194 Å². The molecule has 5 heteroatoms. The zero-order valence-corrected chi connectivity index (χ0v) is 33.1. The average Bonchev–Trinajstić information content (AvgIpc) is 3.85. The van der Waals surface area contributed by atoms with Gasteiger partial charge in [-0.05, 0) is 69.8 Å². The number of rotatable bonds is 7. The molecule has 4 nitrogen and oxygen atoms in total. The number of allylic oxidation sites excluding steroid dienone is 1. The van der Waals surface area contributed by atoms with Crippen molar-refractivity contribution in [1.82, 2.24) is 19.5 Å². The molecule has 0 saturated heterocycles. The monoisotopic (exact) mass is 772 g/mol. The summed E-state index contributed by atoms with van der Waals surface area (Å²) in [6.07, 6.45) is 6.22. The van der Waals surface area contributed by atoms with Gasteiger partial charge in [0.2, 0.25) is 5.95 Å². The summed E-state index contributed by atoms with van der Waals surface area (Å²) >= 11 is 1.83. The maximum Gasteiger partial charge on any atom is 0.238 e. The maximum absolute atomic E-state index is 5.40. The van der Waals surface area contributed by atoms with Crippen molar-refractivity contribution in [3.63, 3.8) is 0 Å². The fourth-order valence-corrected chi connectivity index (χ4v) is 9.80. The minimum atomic E-state index is 0.550. The quantitative estimate of drug-likeness (QED) is 0.162. The molecule has 278 valence electrons. The lowest BCUT2D eigenvalue weighted by molar-refractivity contribution is 0.954. The largest absolute Gasteiger partial charge is 0.277 e. The van der Waals surface area contributed by atoms with E-state index in [2.05, 4.69) is 194 Å². The Balaban J connectivity index is 1.24. The first kappa shape index (κ1) is 34.8. The minimum Gasteiger partial charge on any atom is -0.277 e. The SMILES string of the molecule is C=Cc1c(/C=C\C)ccc2c1c1cccc(-c3cccc4sc5ccccc5c34)c1n2-c1nc(-c2ccc(-c3ccccc3)cc2)nc(-c2ccc3ccccc3c2)n1. The molecule has 3 heterocycles. The predicted molar refractivity (Wildman–Crippen MR) is 251 cm³/mol. The van der Waals surface area contributed by atoms with Gasteiger partial charge in [0.05, 0.1) is 11.0 Å². The summed E-state index contributed by atoms with van der Waals surface area (Å²) in [5.41, 5.74) is 10.6. The summed E-state index contributed by atoms with van der Waals surface area (Å²) < 4.78 is 4.78. The van der Waals surface area contributed by atoms with Gasteiger partial charge in [0.1, 0.15) is 0 Å². The molecule has 0 atom stereocenters. The van der Waals surface area contributed by atoms with Crippen molar-refractivity contribution in [2.24, 2.45) is 0 Å². The molecule has 0 bridgehead atoms. The van der Waals surface area contributed by atoms with Crippen LogP contribution in [0.1, 0.15) is 18.1 Å². The normalized spacial score (nSPS) is 11.8. The van der Waals surface area contributed by atoms with E-state index in [1.165, 1.54) is 31.1 Å². The third kappa shape index (κ3) is 5.78. The van der Waals surface area contributed by atoms with Crippen LogP contribution in [0.25, 0.3) is 116 Å². The number of nitrogens with zero attached hydrogens (tertiary/aromatic N) is 4. The first-order valence-corrected chi connectivity index (χ1v) is 20.7. The molecule has 0 unspecified atom stereocenters. The second-order valence-electron chi connectivity index (χ2n) is 14.8. The summed E-state index contributed by atoms with van der Waals surface area (Å²) in [7, 11) is 0. The van der Waals surface area contributed by atoms with Crippen LogP contribution in [0.3, 0.4) is 0 Å². The number of hydrogen-bond donors (Lipinski definition) is 0.